The summed E-state index contributed by atoms with van der Waals surface area (Å²) in [4.78, 5) is 0. The molecule has 0 aromatic heterocycles. The van der Waals surface area contributed by atoms with E-state index in [1.165, 1.54) is 21.0 Å². The fourth-order valence-electron chi connectivity index (χ4n) is 3.97. The predicted molar refractivity (Wildman–Crippen MR) is 118 cm³/mol. The minimum absolute atomic E-state index is 0. The highest BCUT2D eigenvalue weighted by molar-refractivity contribution is 7.89. The molecule has 1 aliphatic carbocycles. The molecule has 154 valence electrons. The van der Waals surface area contributed by atoms with Crippen LogP contribution in [0.25, 0.3) is 0 Å². The Morgan fingerprint density at radius 2 is 1.82 bits per heavy atom. The van der Waals surface area contributed by atoms with Gasteiger partial charge in [0.1, 0.15) is 0 Å². The first kappa shape index (κ1) is 22.9. The lowest BCUT2D eigenvalue weighted by Crippen LogP contribution is -2.34. The molecule has 6 heteroatoms. The maximum Gasteiger partial charge on any atom is 0.214 e. The van der Waals surface area contributed by atoms with Gasteiger partial charge in [0.15, 0.2) is 0 Å². The molecule has 2 unspecified atom stereocenters. The van der Waals surface area contributed by atoms with Gasteiger partial charge in [-0.15, -0.1) is 12.4 Å². The van der Waals surface area contributed by atoms with Crippen LogP contribution < -0.4 is 5.73 Å². The highest BCUT2D eigenvalue weighted by Crippen LogP contribution is 2.34. The Bertz CT molecular complexity index is 871. The highest BCUT2D eigenvalue weighted by atomic mass is 35.5. The molecule has 2 aromatic carbocycles. The number of benzene rings is 2. The molecule has 0 radical (unpaired) electrons. The molecule has 0 amide bonds. The van der Waals surface area contributed by atoms with Crippen molar-refractivity contribution in [1.29, 1.82) is 0 Å². The van der Waals surface area contributed by atoms with Gasteiger partial charge in [-0.3, -0.25) is 0 Å². The number of rotatable bonds is 7. The molecule has 28 heavy (non-hydrogen) atoms. The molecule has 0 spiro atoms. The smallest absolute Gasteiger partial charge is 0.214 e. The maximum absolute atomic E-state index is 12.3. The monoisotopic (exact) mass is 422 g/mol. The normalized spacial score (nSPS) is 19.1. The highest BCUT2D eigenvalue weighted by Gasteiger charge is 2.28. The van der Waals surface area contributed by atoms with E-state index in [4.69, 9.17) is 5.73 Å². The van der Waals surface area contributed by atoms with Crippen LogP contribution in [-0.4, -0.2) is 31.6 Å². The topological polar surface area (TPSA) is 63.4 Å². The molecule has 0 saturated heterocycles. The van der Waals surface area contributed by atoms with Crippen LogP contribution in [0.15, 0.2) is 48.5 Å². The summed E-state index contributed by atoms with van der Waals surface area (Å²) in [5.74, 6) is 0.462. The minimum atomic E-state index is -3.19. The Morgan fingerprint density at radius 1 is 1.11 bits per heavy atom. The summed E-state index contributed by atoms with van der Waals surface area (Å²) in [6.45, 7) is 2.29. The minimum Gasteiger partial charge on any atom is -0.327 e. The van der Waals surface area contributed by atoms with Crippen molar-refractivity contribution in [3.63, 3.8) is 0 Å². The molecule has 0 fully saturated rings. The molecule has 4 nitrogen and oxygen atoms in total. The van der Waals surface area contributed by atoms with E-state index in [1.54, 1.807) is 7.05 Å². The standard InChI is InChI=1S/C22H30N2O2S.ClH/c1-3-13-27(25,26)24(2)16-18-9-10-19-11-12-22(23)21(20(19)15-18)14-17-7-5-4-6-8-17;/h4-10,15,21-22H,3,11-14,16,23H2,1-2H3;1H. The van der Waals surface area contributed by atoms with Crippen molar-refractivity contribution in [2.24, 2.45) is 5.73 Å². The van der Waals surface area contributed by atoms with Crippen molar-refractivity contribution in [1.82, 2.24) is 4.31 Å². The lowest BCUT2D eigenvalue weighted by molar-refractivity contribution is 0.457. The van der Waals surface area contributed by atoms with Crippen LogP contribution in [0.5, 0.6) is 0 Å². The number of sulfonamides is 1. The fourth-order valence-corrected chi connectivity index (χ4v) is 5.14. The summed E-state index contributed by atoms with van der Waals surface area (Å²) in [6.07, 6.45) is 3.54. The van der Waals surface area contributed by atoms with Gasteiger partial charge >= 0.3 is 0 Å². The van der Waals surface area contributed by atoms with Crippen molar-refractivity contribution < 1.29 is 8.42 Å². The number of hydrogen-bond donors (Lipinski definition) is 1. The molecule has 0 saturated carbocycles. The van der Waals surface area contributed by atoms with Gasteiger partial charge < -0.3 is 5.73 Å². The van der Waals surface area contributed by atoms with Crippen LogP contribution in [0.1, 0.15) is 47.9 Å². The van der Waals surface area contributed by atoms with E-state index in [9.17, 15) is 8.42 Å². The van der Waals surface area contributed by atoms with Crippen LogP contribution in [-0.2, 0) is 29.4 Å². The van der Waals surface area contributed by atoms with Crippen molar-refractivity contribution in [2.75, 3.05) is 12.8 Å². The summed E-state index contributed by atoms with van der Waals surface area (Å²) in [6, 6.07) is 17.0. The van der Waals surface area contributed by atoms with Crippen LogP contribution in [0, 0.1) is 0 Å². The van der Waals surface area contributed by atoms with Gasteiger partial charge in [-0.2, -0.15) is 0 Å². The van der Waals surface area contributed by atoms with E-state index in [2.05, 4.69) is 42.5 Å². The predicted octanol–water partition coefficient (Wildman–Crippen LogP) is 3.88. The van der Waals surface area contributed by atoms with Crippen molar-refractivity contribution in [3.05, 3.63) is 70.8 Å². The molecule has 1 aliphatic rings. The summed E-state index contributed by atoms with van der Waals surface area (Å²) in [7, 11) is -1.53. The summed E-state index contributed by atoms with van der Waals surface area (Å²) >= 11 is 0. The Morgan fingerprint density at radius 3 is 2.50 bits per heavy atom. The third-order valence-corrected chi connectivity index (χ3v) is 7.52. The zero-order valence-corrected chi connectivity index (χ0v) is 18.3. The second-order valence-corrected chi connectivity index (χ2v) is 9.80. The van der Waals surface area contributed by atoms with E-state index in [1.807, 2.05) is 13.0 Å². The van der Waals surface area contributed by atoms with Gasteiger partial charge in [-0.25, -0.2) is 12.7 Å². The Kier molecular flexibility index (Phi) is 8.07. The zero-order chi connectivity index (χ0) is 19.4. The molecule has 2 N–H and O–H groups in total. The summed E-state index contributed by atoms with van der Waals surface area (Å²) < 4.78 is 26.0. The molecule has 2 atom stereocenters. The summed E-state index contributed by atoms with van der Waals surface area (Å²) in [5, 5.41) is 0. The van der Waals surface area contributed by atoms with Crippen molar-refractivity contribution in [3.8, 4) is 0 Å². The van der Waals surface area contributed by atoms with E-state index in [0.29, 0.717) is 13.0 Å². The van der Waals surface area contributed by atoms with Gasteiger partial charge in [0.2, 0.25) is 10.0 Å². The number of fused-ring (bicyclic) bond motifs is 1. The van der Waals surface area contributed by atoms with Gasteiger partial charge in [0, 0.05) is 25.6 Å². The Labute approximate surface area is 175 Å². The van der Waals surface area contributed by atoms with E-state index in [-0.39, 0.29) is 30.1 Å². The molecule has 0 aliphatic heterocycles. The Balaban J connectivity index is 0.00000280. The third-order valence-electron chi connectivity index (χ3n) is 5.51. The molecule has 3 rings (SSSR count). The van der Waals surface area contributed by atoms with Gasteiger partial charge in [-0.1, -0.05) is 55.5 Å². The third kappa shape index (κ3) is 5.35. The lowest BCUT2D eigenvalue weighted by Gasteiger charge is -2.32. The van der Waals surface area contributed by atoms with Crippen LogP contribution >= 0.6 is 12.4 Å². The first-order valence-electron chi connectivity index (χ1n) is 9.76. The molecular formula is C22H31ClN2O2S. The largest absolute Gasteiger partial charge is 0.327 e. The van der Waals surface area contributed by atoms with Crippen molar-refractivity contribution >= 4 is 22.4 Å². The summed E-state index contributed by atoms with van der Waals surface area (Å²) in [5.41, 5.74) is 11.5. The van der Waals surface area contributed by atoms with E-state index in [0.717, 1.165) is 24.8 Å². The molecule has 0 heterocycles. The molecule has 0 bridgehead atoms. The van der Waals surface area contributed by atoms with Gasteiger partial charge in [0.05, 0.1) is 5.75 Å². The second kappa shape index (κ2) is 9.88. The van der Waals surface area contributed by atoms with E-state index < -0.39 is 10.0 Å². The van der Waals surface area contributed by atoms with Crippen molar-refractivity contribution in [2.45, 2.75) is 51.1 Å². The lowest BCUT2D eigenvalue weighted by atomic mass is 9.76. The number of nitrogens with two attached hydrogens (primary N) is 1. The fraction of sp³-hybridized carbons (Fsp3) is 0.455. The first-order valence-corrected chi connectivity index (χ1v) is 11.4. The number of nitrogens with zero attached hydrogens (tertiary/aromatic N) is 1. The van der Waals surface area contributed by atoms with Crippen LogP contribution in [0.4, 0.5) is 0 Å². The zero-order valence-electron chi connectivity index (χ0n) is 16.7. The average Bonchev–Trinajstić information content (AvgIpc) is 2.65. The molecular weight excluding hydrogens is 392 g/mol. The number of hydrogen-bond acceptors (Lipinski definition) is 3. The molecule has 2 aromatic rings. The maximum atomic E-state index is 12.3. The van der Waals surface area contributed by atoms with Crippen LogP contribution in [0.3, 0.4) is 0 Å². The SMILES string of the molecule is CCCS(=O)(=O)N(C)Cc1ccc2c(c1)C(Cc1ccccc1)C(N)CC2.Cl. The second-order valence-electron chi connectivity index (χ2n) is 7.60. The number of aryl methyl sites for hydroxylation is 1. The average molecular weight is 423 g/mol. The first-order chi connectivity index (χ1) is 12.9. The van der Waals surface area contributed by atoms with E-state index >= 15 is 0 Å². The van der Waals surface area contributed by atoms with Gasteiger partial charge in [0.25, 0.3) is 0 Å². The van der Waals surface area contributed by atoms with Crippen LogP contribution in [0.2, 0.25) is 0 Å². The van der Waals surface area contributed by atoms with Gasteiger partial charge in [-0.05, 0) is 47.9 Å². The Hall–Kier alpha value is -1.40. The quantitative estimate of drug-likeness (QED) is 0.736. The number of halogens is 1.